The van der Waals surface area contributed by atoms with Gasteiger partial charge in [-0.15, -0.1) is 0 Å². The molecule has 0 aromatic heterocycles. The summed E-state index contributed by atoms with van der Waals surface area (Å²) < 4.78 is 0. The minimum absolute atomic E-state index is 0.513. The fourth-order valence-corrected chi connectivity index (χ4v) is 2.26. The van der Waals surface area contributed by atoms with Gasteiger partial charge in [0.2, 0.25) is 0 Å². The highest BCUT2D eigenvalue weighted by Gasteiger charge is 2.28. The molecule has 1 aliphatic carbocycles. The molecule has 0 aliphatic heterocycles. The molecule has 0 radical (unpaired) electrons. The van der Waals surface area contributed by atoms with Gasteiger partial charge in [0.1, 0.15) is 0 Å². The molecule has 0 atom stereocenters. The predicted octanol–water partition coefficient (Wildman–Crippen LogP) is 2.80. The zero-order valence-corrected chi connectivity index (χ0v) is 8.77. The number of hydrogen-bond acceptors (Lipinski definition) is 1. The minimum atomic E-state index is 0.513. The van der Waals surface area contributed by atoms with Crippen molar-refractivity contribution in [1.82, 2.24) is 0 Å². The summed E-state index contributed by atoms with van der Waals surface area (Å²) >= 11 is 0. The molecule has 1 fully saturated rings. The fraction of sp³-hybridized carbons (Fsp3) is 1.00. The van der Waals surface area contributed by atoms with E-state index in [1.807, 2.05) is 0 Å². The molecule has 1 heteroatoms. The summed E-state index contributed by atoms with van der Waals surface area (Å²) in [5.41, 5.74) is 6.17. The van der Waals surface area contributed by atoms with Crippen LogP contribution in [0.3, 0.4) is 0 Å². The second kappa shape index (κ2) is 3.78. The lowest BCUT2D eigenvalue weighted by atomic mass is 9.70. The first-order chi connectivity index (χ1) is 5.54. The molecule has 12 heavy (non-hydrogen) atoms. The summed E-state index contributed by atoms with van der Waals surface area (Å²) in [6.07, 6.45) is 5.51. The van der Waals surface area contributed by atoms with Crippen LogP contribution in [0.5, 0.6) is 0 Å². The Morgan fingerprint density at radius 2 is 1.58 bits per heavy atom. The molecule has 0 unspecified atom stereocenters. The van der Waals surface area contributed by atoms with Gasteiger partial charge in [-0.1, -0.05) is 20.8 Å². The van der Waals surface area contributed by atoms with E-state index in [1.54, 1.807) is 0 Å². The van der Waals surface area contributed by atoms with E-state index in [0.29, 0.717) is 5.41 Å². The third kappa shape index (κ3) is 2.48. The van der Waals surface area contributed by atoms with Gasteiger partial charge in [0.15, 0.2) is 0 Å². The maximum Gasteiger partial charge on any atom is -0.00489 e. The second-order valence-electron chi connectivity index (χ2n) is 5.32. The summed E-state index contributed by atoms with van der Waals surface area (Å²) in [7, 11) is 0. The summed E-state index contributed by atoms with van der Waals surface area (Å²) in [4.78, 5) is 0. The van der Waals surface area contributed by atoms with Crippen molar-refractivity contribution < 1.29 is 0 Å². The highest BCUT2D eigenvalue weighted by atomic mass is 14.6. The zero-order valence-electron chi connectivity index (χ0n) is 8.77. The summed E-state index contributed by atoms with van der Waals surface area (Å²) in [6.45, 7) is 7.98. The van der Waals surface area contributed by atoms with E-state index in [0.717, 1.165) is 18.4 Å². The lowest BCUT2D eigenvalue weighted by molar-refractivity contribution is 0.152. The minimum Gasteiger partial charge on any atom is -0.330 e. The van der Waals surface area contributed by atoms with Gasteiger partial charge in [0.25, 0.3) is 0 Å². The van der Waals surface area contributed by atoms with E-state index in [9.17, 15) is 0 Å². The van der Waals surface area contributed by atoms with Crippen LogP contribution in [0.15, 0.2) is 0 Å². The molecule has 0 aromatic carbocycles. The molecular weight excluding hydrogens is 146 g/mol. The van der Waals surface area contributed by atoms with Gasteiger partial charge in [-0.05, 0) is 49.5 Å². The standard InChI is InChI=1S/C11H23N/c1-11(2,3)10-6-4-9(8-12)5-7-10/h9-10H,4-8,12H2,1-3H3/t9-,10+. The van der Waals surface area contributed by atoms with E-state index < -0.39 is 0 Å². The van der Waals surface area contributed by atoms with E-state index in [4.69, 9.17) is 5.73 Å². The van der Waals surface area contributed by atoms with Crippen molar-refractivity contribution in [3.05, 3.63) is 0 Å². The molecule has 1 saturated carbocycles. The van der Waals surface area contributed by atoms with Crippen LogP contribution in [-0.2, 0) is 0 Å². The highest BCUT2D eigenvalue weighted by Crippen LogP contribution is 2.39. The Bertz CT molecular complexity index is 126. The van der Waals surface area contributed by atoms with Crippen molar-refractivity contribution >= 4 is 0 Å². The van der Waals surface area contributed by atoms with E-state index >= 15 is 0 Å². The third-order valence-electron chi connectivity index (χ3n) is 3.40. The third-order valence-corrected chi connectivity index (χ3v) is 3.40. The maximum atomic E-state index is 5.66. The molecule has 1 nitrogen and oxygen atoms in total. The van der Waals surface area contributed by atoms with Gasteiger partial charge in [-0.25, -0.2) is 0 Å². The largest absolute Gasteiger partial charge is 0.330 e. The van der Waals surface area contributed by atoms with Crippen LogP contribution in [0.25, 0.3) is 0 Å². The van der Waals surface area contributed by atoms with Gasteiger partial charge in [0, 0.05) is 0 Å². The molecule has 0 spiro atoms. The van der Waals surface area contributed by atoms with Gasteiger partial charge >= 0.3 is 0 Å². The van der Waals surface area contributed by atoms with Gasteiger partial charge in [0.05, 0.1) is 0 Å². The predicted molar refractivity (Wildman–Crippen MR) is 54.0 cm³/mol. The summed E-state index contributed by atoms with van der Waals surface area (Å²) in [5.74, 6) is 1.75. The zero-order chi connectivity index (χ0) is 9.19. The Hall–Kier alpha value is -0.0400. The Kier molecular flexibility index (Phi) is 3.16. The van der Waals surface area contributed by atoms with Crippen LogP contribution >= 0.6 is 0 Å². The molecule has 1 rings (SSSR count). The normalized spacial score (nSPS) is 32.0. The van der Waals surface area contributed by atoms with Crippen molar-refractivity contribution in [1.29, 1.82) is 0 Å². The molecule has 0 bridgehead atoms. The smallest absolute Gasteiger partial charge is 0.00489 e. The van der Waals surface area contributed by atoms with E-state index in [-0.39, 0.29) is 0 Å². The van der Waals surface area contributed by atoms with E-state index in [1.165, 1.54) is 25.7 Å². The average Bonchev–Trinajstić information content (AvgIpc) is 2.03. The second-order valence-corrected chi connectivity index (χ2v) is 5.32. The van der Waals surface area contributed by atoms with Crippen molar-refractivity contribution in [3.8, 4) is 0 Å². The Labute approximate surface area is 76.7 Å². The fourth-order valence-electron chi connectivity index (χ4n) is 2.26. The molecule has 1 aliphatic rings. The van der Waals surface area contributed by atoms with Crippen molar-refractivity contribution in [2.45, 2.75) is 46.5 Å². The number of hydrogen-bond donors (Lipinski definition) is 1. The Morgan fingerprint density at radius 3 is 1.92 bits per heavy atom. The van der Waals surface area contributed by atoms with Gasteiger partial charge < -0.3 is 5.73 Å². The Morgan fingerprint density at radius 1 is 1.08 bits per heavy atom. The molecule has 72 valence electrons. The van der Waals surface area contributed by atoms with Crippen LogP contribution in [-0.4, -0.2) is 6.54 Å². The van der Waals surface area contributed by atoms with Crippen molar-refractivity contribution in [2.75, 3.05) is 6.54 Å². The first-order valence-corrected chi connectivity index (χ1v) is 5.24. The first-order valence-electron chi connectivity index (χ1n) is 5.24. The molecular formula is C11H23N. The molecule has 0 saturated heterocycles. The molecule has 0 heterocycles. The topological polar surface area (TPSA) is 26.0 Å². The first kappa shape index (κ1) is 10.0. The summed E-state index contributed by atoms with van der Waals surface area (Å²) in [6, 6.07) is 0. The summed E-state index contributed by atoms with van der Waals surface area (Å²) in [5, 5.41) is 0. The lowest BCUT2D eigenvalue weighted by Gasteiger charge is -2.36. The van der Waals surface area contributed by atoms with Gasteiger partial charge in [-0.3, -0.25) is 0 Å². The Balaban J connectivity index is 2.36. The monoisotopic (exact) mass is 169 g/mol. The lowest BCUT2D eigenvalue weighted by Crippen LogP contribution is -2.28. The quantitative estimate of drug-likeness (QED) is 0.642. The maximum absolute atomic E-state index is 5.66. The SMILES string of the molecule is CC(C)(C)[C@H]1CC[C@@H](CN)CC1. The van der Waals surface area contributed by atoms with Gasteiger partial charge in [-0.2, -0.15) is 0 Å². The van der Waals surface area contributed by atoms with E-state index in [2.05, 4.69) is 20.8 Å². The highest BCUT2D eigenvalue weighted by molar-refractivity contribution is 4.80. The van der Waals surface area contributed by atoms with Crippen LogP contribution < -0.4 is 5.73 Å². The van der Waals surface area contributed by atoms with Crippen LogP contribution in [0.1, 0.15) is 46.5 Å². The van der Waals surface area contributed by atoms with Crippen molar-refractivity contribution in [2.24, 2.45) is 23.0 Å². The molecule has 0 aromatic rings. The molecule has 0 amide bonds. The number of nitrogens with two attached hydrogens (primary N) is 1. The van der Waals surface area contributed by atoms with Crippen LogP contribution in [0.2, 0.25) is 0 Å². The van der Waals surface area contributed by atoms with Crippen molar-refractivity contribution in [3.63, 3.8) is 0 Å². The number of rotatable bonds is 1. The van der Waals surface area contributed by atoms with Crippen LogP contribution in [0, 0.1) is 17.3 Å². The molecule has 2 N–H and O–H groups in total. The average molecular weight is 169 g/mol. The van der Waals surface area contributed by atoms with Crippen LogP contribution in [0.4, 0.5) is 0 Å².